The van der Waals surface area contributed by atoms with Gasteiger partial charge in [0.05, 0.1) is 30.5 Å². The van der Waals surface area contributed by atoms with Crippen LogP contribution in [0.3, 0.4) is 0 Å². The standard InChI is InChI=1S/C13H21N3O2/c1-4-16-10-11(9-14-16)12(17)13(2,3)15-5-7-18-8-6-15/h9-10H,4-8H2,1-3H3. The summed E-state index contributed by atoms with van der Waals surface area (Å²) in [7, 11) is 0. The molecule has 0 saturated carbocycles. The van der Waals surface area contributed by atoms with Crippen molar-refractivity contribution >= 4 is 5.78 Å². The van der Waals surface area contributed by atoms with Crippen LogP contribution in [0.25, 0.3) is 0 Å². The smallest absolute Gasteiger partial charge is 0.185 e. The molecule has 1 aromatic rings. The van der Waals surface area contributed by atoms with Crippen molar-refractivity contribution in [2.24, 2.45) is 0 Å². The fourth-order valence-electron chi connectivity index (χ4n) is 2.27. The molecule has 18 heavy (non-hydrogen) atoms. The number of Topliss-reactive ketones (excluding diaryl/α,β-unsaturated/α-hetero) is 1. The molecule has 0 aliphatic carbocycles. The first kappa shape index (κ1) is 13.2. The molecule has 0 N–H and O–H groups in total. The number of hydrogen-bond acceptors (Lipinski definition) is 4. The van der Waals surface area contributed by atoms with E-state index in [0.29, 0.717) is 18.8 Å². The Balaban J connectivity index is 2.15. The Morgan fingerprint density at radius 1 is 1.44 bits per heavy atom. The van der Waals surface area contributed by atoms with Crippen LogP contribution < -0.4 is 0 Å². The molecule has 100 valence electrons. The normalized spacial score (nSPS) is 17.9. The molecule has 0 atom stereocenters. The first-order chi connectivity index (χ1) is 8.55. The van der Waals surface area contributed by atoms with Gasteiger partial charge < -0.3 is 4.74 Å². The number of aryl methyl sites for hydroxylation is 1. The number of rotatable bonds is 4. The second-order valence-electron chi connectivity index (χ2n) is 5.07. The molecule has 1 aliphatic rings. The van der Waals surface area contributed by atoms with Crippen LogP contribution in [0, 0.1) is 0 Å². The average molecular weight is 251 g/mol. The molecule has 1 saturated heterocycles. The summed E-state index contributed by atoms with van der Waals surface area (Å²) < 4.78 is 7.11. The molecule has 2 rings (SSSR count). The van der Waals surface area contributed by atoms with Crippen LogP contribution in [0.15, 0.2) is 12.4 Å². The lowest BCUT2D eigenvalue weighted by molar-refractivity contribution is -0.00430. The van der Waals surface area contributed by atoms with Crippen LogP contribution in [0.1, 0.15) is 31.1 Å². The summed E-state index contributed by atoms with van der Waals surface area (Å²) in [4.78, 5) is 14.7. The summed E-state index contributed by atoms with van der Waals surface area (Å²) in [5.41, 5.74) is 0.194. The first-order valence-corrected chi connectivity index (χ1v) is 6.45. The minimum absolute atomic E-state index is 0.129. The van der Waals surface area contributed by atoms with Gasteiger partial charge in [-0.15, -0.1) is 0 Å². The number of ether oxygens (including phenoxy) is 1. The van der Waals surface area contributed by atoms with Gasteiger partial charge in [0.2, 0.25) is 0 Å². The number of morpholine rings is 1. The summed E-state index contributed by atoms with van der Waals surface area (Å²) in [6.07, 6.45) is 3.48. The van der Waals surface area contributed by atoms with E-state index >= 15 is 0 Å². The van der Waals surface area contributed by atoms with Gasteiger partial charge in [-0.3, -0.25) is 14.4 Å². The van der Waals surface area contributed by atoms with E-state index < -0.39 is 5.54 Å². The van der Waals surface area contributed by atoms with Crippen LogP contribution in [0.4, 0.5) is 0 Å². The van der Waals surface area contributed by atoms with Gasteiger partial charge in [-0.05, 0) is 20.8 Å². The van der Waals surface area contributed by atoms with Gasteiger partial charge in [-0.25, -0.2) is 0 Å². The van der Waals surface area contributed by atoms with Gasteiger partial charge in [0.25, 0.3) is 0 Å². The highest BCUT2D eigenvalue weighted by atomic mass is 16.5. The minimum Gasteiger partial charge on any atom is -0.379 e. The molecular formula is C13H21N3O2. The van der Waals surface area contributed by atoms with E-state index in [1.165, 1.54) is 0 Å². The Morgan fingerprint density at radius 3 is 2.67 bits per heavy atom. The highest BCUT2D eigenvalue weighted by Crippen LogP contribution is 2.21. The number of carbonyl (C=O) groups is 1. The molecule has 1 fully saturated rings. The van der Waals surface area contributed by atoms with Crippen molar-refractivity contribution in [2.75, 3.05) is 26.3 Å². The second-order valence-corrected chi connectivity index (χ2v) is 5.07. The minimum atomic E-state index is -0.495. The molecule has 0 amide bonds. The second kappa shape index (κ2) is 5.20. The van der Waals surface area contributed by atoms with Crippen molar-refractivity contribution in [1.29, 1.82) is 0 Å². The Morgan fingerprint density at radius 2 is 2.11 bits per heavy atom. The predicted octanol–water partition coefficient (Wildman–Crippen LogP) is 1.20. The molecule has 1 aromatic heterocycles. The zero-order valence-corrected chi connectivity index (χ0v) is 11.3. The highest BCUT2D eigenvalue weighted by molar-refractivity contribution is 6.02. The lowest BCUT2D eigenvalue weighted by Gasteiger charge is -2.39. The molecule has 5 nitrogen and oxygen atoms in total. The fourth-order valence-corrected chi connectivity index (χ4v) is 2.27. The largest absolute Gasteiger partial charge is 0.379 e. The van der Waals surface area contributed by atoms with E-state index in [0.717, 1.165) is 19.6 Å². The SMILES string of the molecule is CCn1cc(C(=O)C(C)(C)N2CCOCC2)cn1. The van der Waals surface area contributed by atoms with E-state index in [1.54, 1.807) is 10.9 Å². The van der Waals surface area contributed by atoms with E-state index in [-0.39, 0.29) is 5.78 Å². The third-order valence-electron chi connectivity index (χ3n) is 3.58. The molecule has 0 aromatic carbocycles. The Hall–Kier alpha value is -1.20. The monoisotopic (exact) mass is 251 g/mol. The van der Waals surface area contributed by atoms with Gasteiger partial charge in [-0.1, -0.05) is 0 Å². The molecule has 1 aliphatic heterocycles. The van der Waals surface area contributed by atoms with E-state index in [2.05, 4.69) is 10.00 Å². The van der Waals surface area contributed by atoms with E-state index in [9.17, 15) is 4.79 Å². The first-order valence-electron chi connectivity index (χ1n) is 6.45. The van der Waals surface area contributed by atoms with Gasteiger partial charge in [0, 0.05) is 25.8 Å². The molecule has 0 unspecified atom stereocenters. The van der Waals surface area contributed by atoms with E-state index in [1.807, 2.05) is 27.0 Å². The lowest BCUT2D eigenvalue weighted by atomic mass is 9.92. The number of ketones is 1. The van der Waals surface area contributed by atoms with Crippen LogP contribution in [0.2, 0.25) is 0 Å². The Bertz CT molecular complexity index is 420. The van der Waals surface area contributed by atoms with Crippen LogP contribution >= 0.6 is 0 Å². The van der Waals surface area contributed by atoms with Crippen molar-refractivity contribution in [3.63, 3.8) is 0 Å². The predicted molar refractivity (Wildman–Crippen MR) is 68.7 cm³/mol. The zero-order valence-electron chi connectivity index (χ0n) is 11.3. The summed E-state index contributed by atoms with van der Waals surface area (Å²) in [5.74, 6) is 0.129. The maximum absolute atomic E-state index is 12.6. The Labute approximate surface area is 108 Å². The molecule has 2 heterocycles. The summed E-state index contributed by atoms with van der Waals surface area (Å²) in [6.45, 7) is 9.75. The van der Waals surface area contributed by atoms with Crippen molar-refractivity contribution in [3.05, 3.63) is 18.0 Å². The number of nitrogens with zero attached hydrogens (tertiary/aromatic N) is 3. The molecule has 5 heteroatoms. The number of hydrogen-bond donors (Lipinski definition) is 0. The van der Waals surface area contributed by atoms with Gasteiger partial charge >= 0.3 is 0 Å². The maximum Gasteiger partial charge on any atom is 0.185 e. The summed E-state index contributed by atoms with van der Waals surface area (Å²) in [5, 5.41) is 4.17. The zero-order chi connectivity index (χ0) is 13.2. The molecule has 0 radical (unpaired) electrons. The van der Waals surface area contributed by atoms with Gasteiger partial charge in [0.15, 0.2) is 5.78 Å². The van der Waals surface area contributed by atoms with Crippen LogP contribution in [0.5, 0.6) is 0 Å². The van der Waals surface area contributed by atoms with Gasteiger partial charge in [-0.2, -0.15) is 5.10 Å². The lowest BCUT2D eigenvalue weighted by Crippen LogP contribution is -2.54. The Kier molecular flexibility index (Phi) is 3.82. The maximum atomic E-state index is 12.6. The number of carbonyl (C=O) groups excluding carboxylic acids is 1. The highest BCUT2D eigenvalue weighted by Gasteiger charge is 2.36. The topological polar surface area (TPSA) is 47.4 Å². The van der Waals surface area contributed by atoms with Crippen molar-refractivity contribution in [3.8, 4) is 0 Å². The molecule has 0 spiro atoms. The van der Waals surface area contributed by atoms with Crippen molar-refractivity contribution < 1.29 is 9.53 Å². The van der Waals surface area contributed by atoms with Crippen molar-refractivity contribution in [1.82, 2.24) is 14.7 Å². The quantitative estimate of drug-likeness (QED) is 0.754. The number of aromatic nitrogens is 2. The van der Waals surface area contributed by atoms with E-state index in [4.69, 9.17) is 4.74 Å². The fraction of sp³-hybridized carbons (Fsp3) is 0.692. The van der Waals surface area contributed by atoms with Crippen LogP contribution in [-0.4, -0.2) is 52.3 Å². The average Bonchev–Trinajstić information content (AvgIpc) is 2.87. The van der Waals surface area contributed by atoms with Gasteiger partial charge in [0.1, 0.15) is 0 Å². The third kappa shape index (κ3) is 2.47. The summed E-state index contributed by atoms with van der Waals surface area (Å²) in [6, 6.07) is 0. The van der Waals surface area contributed by atoms with Crippen LogP contribution in [-0.2, 0) is 11.3 Å². The third-order valence-corrected chi connectivity index (χ3v) is 3.58. The van der Waals surface area contributed by atoms with Crippen molar-refractivity contribution in [2.45, 2.75) is 32.9 Å². The molecule has 0 bridgehead atoms. The molecular weight excluding hydrogens is 230 g/mol. The summed E-state index contributed by atoms with van der Waals surface area (Å²) >= 11 is 0.